The minimum Gasteiger partial charge on any atom is -0.431 e. The van der Waals surface area contributed by atoms with Crippen LogP contribution >= 0.6 is 12.4 Å². The van der Waals surface area contributed by atoms with Crippen LogP contribution in [0, 0.1) is 6.92 Å². The van der Waals surface area contributed by atoms with E-state index < -0.39 is 0 Å². The lowest BCUT2D eigenvalue weighted by molar-refractivity contribution is 0.0588. The molecule has 1 aliphatic rings. The number of amides is 1. The van der Waals surface area contributed by atoms with Gasteiger partial charge in [0.2, 0.25) is 11.7 Å². The Bertz CT molecular complexity index is 921. The number of piperazine rings is 1. The molecule has 0 radical (unpaired) electrons. The van der Waals surface area contributed by atoms with Crippen LogP contribution in [0.5, 0.6) is 0 Å². The summed E-state index contributed by atoms with van der Waals surface area (Å²) in [6.07, 6.45) is 3.64. The summed E-state index contributed by atoms with van der Waals surface area (Å²) in [6.45, 7) is 3.80. The van der Waals surface area contributed by atoms with Crippen LogP contribution in [0.2, 0.25) is 0 Å². The fourth-order valence-electron chi connectivity index (χ4n) is 3.31. The Morgan fingerprint density at radius 2 is 2.07 bits per heavy atom. The van der Waals surface area contributed by atoms with Crippen molar-refractivity contribution in [3.63, 3.8) is 0 Å². The number of imidazole rings is 1. The van der Waals surface area contributed by atoms with Gasteiger partial charge in [0.25, 0.3) is 5.91 Å². The van der Waals surface area contributed by atoms with Crippen LogP contribution in [-0.2, 0) is 7.05 Å². The predicted octanol–water partition coefficient (Wildman–Crippen LogP) is 2.59. The molecule has 1 amide bonds. The largest absolute Gasteiger partial charge is 0.431 e. The molecule has 0 aliphatic carbocycles. The third-order valence-electron chi connectivity index (χ3n) is 4.67. The van der Waals surface area contributed by atoms with E-state index in [1.54, 1.807) is 13.1 Å². The first-order chi connectivity index (χ1) is 12.6. The van der Waals surface area contributed by atoms with Crippen molar-refractivity contribution in [2.24, 2.45) is 7.05 Å². The van der Waals surface area contributed by atoms with Gasteiger partial charge in [-0.3, -0.25) is 4.79 Å². The zero-order chi connectivity index (χ0) is 18.1. The number of oxazole rings is 1. The van der Waals surface area contributed by atoms with Gasteiger partial charge in [-0.15, -0.1) is 12.4 Å². The smallest absolute Gasteiger partial charge is 0.292 e. The van der Waals surface area contributed by atoms with E-state index in [1.165, 1.54) is 0 Å². The van der Waals surface area contributed by atoms with Crippen LogP contribution in [0.15, 0.2) is 47.1 Å². The SMILES string of the molecule is Cc1nc(-c2ccccc2)oc1C(=O)N1CCNCC1c1nccn1C.Cl. The Balaban J connectivity index is 0.00000210. The first kappa shape index (κ1) is 19.1. The molecule has 1 N–H and O–H groups in total. The summed E-state index contributed by atoms with van der Waals surface area (Å²) < 4.78 is 7.81. The number of rotatable bonds is 3. The van der Waals surface area contributed by atoms with Gasteiger partial charge in [0.15, 0.2) is 0 Å². The van der Waals surface area contributed by atoms with Crippen molar-refractivity contribution >= 4 is 18.3 Å². The van der Waals surface area contributed by atoms with Gasteiger partial charge in [-0.2, -0.15) is 0 Å². The Hall–Kier alpha value is -2.64. The van der Waals surface area contributed by atoms with Gasteiger partial charge in [-0.05, 0) is 19.1 Å². The predicted molar refractivity (Wildman–Crippen MR) is 104 cm³/mol. The Morgan fingerprint density at radius 3 is 2.78 bits per heavy atom. The summed E-state index contributed by atoms with van der Waals surface area (Å²) in [5.74, 6) is 1.47. The lowest BCUT2D eigenvalue weighted by Gasteiger charge is -2.35. The van der Waals surface area contributed by atoms with E-state index in [9.17, 15) is 4.79 Å². The average Bonchev–Trinajstić information content (AvgIpc) is 3.27. The van der Waals surface area contributed by atoms with Gasteiger partial charge in [-0.1, -0.05) is 18.2 Å². The highest BCUT2D eigenvalue weighted by molar-refractivity contribution is 5.93. The molecule has 1 unspecified atom stereocenters. The number of aromatic nitrogens is 3. The topological polar surface area (TPSA) is 76.2 Å². The third-order valence-corrected chi connectivity index (χ3v) is 4.67. The van der Waals surface area contributed by atoms with Crippen molar-refractivity contribution in [1.82, 2.24) is 24.8 Å². The van der Waals surface area contributed by atoms with Gasteiger partial charge in [-0.25, -0.2) is 9.97 Å². The maximum Gasteiger partial charge on any atom is 0.292 e. The summed E-state index contributed by atoms with van der Waals surface area (Å²) in [5.41, 5.74) is 1.46. The second kappa shape index (κ2) is 7.94. The molecule has 1 aliphatic heterocycles. The molecular weight excluding hydrogens is 366 g/mol. The van der Waals surface area contributed by atoms with Gasteiger partial charge in [0, 0.05) is 44.6 Å². The summed E-state index contributed by atoms with van der Waals surface area (Å²) in [6, 6.07) is 9.47. The second-order valence-corrected chi connectivity index (χ2v) is 6.41. The molecule has 1 atom stereocenters. The number of carbonyl (C=O) groups is 1. The highest BCUT2D eigenvalue weighted by Crippen LogP contribution is 2.27. The van der Waals surface area contributed by atoms with Crippen LogP contribution in [0.1, 0.15) is 28.1 Å². The monoisotopic (exact) mass is 387 g/mol. The van der Waals surface area contributed by atoms with Crippen LogP contribution in [0.3, 0.4) is 0 Å². The Morgan fingerprint density at radius 1 is 1.30 bits per heavy atom. The molecule has 3 aromatic rings. The number of aryl methyl sites for hydroxylation is 2. The summed E-state index contributed by atoms with van der Waals surface area (Å²) in [5, 5.41) is 3.34. The minimum absolute atomic E-state index is 0. The van der Waals surface area contributed by atoms with E-state index in [-0.39, 0.29) is 24.4 Å². The molecular formula is C19H22ClN5O2. The van der Waals surface area contributed by atoms with Crippen molar-refractivity contribution in [1.29, 1.82) is 0 Å². The van der Waals surface area contributed by atoms with Gasteiger partial charge in [0.1, 0.15) is 11.9 Å². The first-order valence-corrected chi connectivity index (χ1v) is 8.67. The van der Waals surface area contributed by atoms with E-state index in [1.807, 2.05) is 53.0 Å². The van der Waals surface area contributed by atoms with Crippen molar-refractivity contribution in [2.45, 2.75) is 13.0 Å². The highest BCUT2D eigenvalue weighted by Gasteiger charge is 2.33. The lowest BCUT2D eigenvalue weighted by atomic mass is 10.1. The van der Waals surface area contributed by atoms with Crippen LogP contribution in [0.25, 0.3) is 11.5 Å². The highest BCUT2D eigenvalue weighted by atomic mass is 35.5. The number of hydrogen-bond donors (Lipinski definition) is 1. The number of benzene rings is 1. The second-order valence-electron chi connectivity index (χ2n) is 6.41. The van der Waals surface area contributed by atoms with Crippen molar-refractivity contribution in [3.8, 4) is 11.5 Å². The van der Waals surface area contributed by atoms with Crippen molar-refractivity contribution < 1.29 is 9.21 Å². The molecule has 3 heterocycles. The van der Waals surface area contributed by atoms with Gasteiger partial charge >= 0.3 is 0 Å². The molecule has 27 heavy (non-hydrogen) atoms. The fourth-order valence-corrected chi connectivity index (χ4v) is 3.31. The van der Waals surface area contributed by atoms with Gasteiger partial charge in [0.05, 0.1) is 5.69 Å². The number of nitrogens with zero attached hydrogens (tertiary/aromatic N) is 4. The molecule has 1 saturated heterocycles. The van der Waals surface area contributed by atoms with E-state index >= 15 is 0 Å². The van der Waals surface area contributed by atoms with Gasteiger partial charge < -0.3 is 19.2 Å². The van der Waals surface area contributed by atoms with Crippen molar-refractivity contribution in [3.05, 3.63) is 60.0 Å². The number of carbonyl (C=O) groups excluding carboxylic acids is 1. The molecule has 4 rings (SSSR count). The number of nitrogens with one attached hydrogen (secondary N) is 1. The van der Waals surface area contributed by atoms with Crippen LogP contribution in [0.4, 0.5) is 0 Å². The van der Waals surface area contributed by atoms with E-state index in [0.717, 1.165) is 17.9 Å². The lowest BCUT2D eigenvalue weighted by Crippen LogP contribution is -2.49. The molecule has 0 bridgehead atoms. The molecule has 0 spiro atoms. The Labute approximate surface area is 163 Å². The van der Waals surface area contributed by atoms with E-state index in [0.29, 0.717) is 30.4 Å². The third kappa shape index (κ3) is 3.61. The molecule has 142 valence electrons. The minimum atomic E-state index is -0.147. The van der Waals surface area contributed by atoms with Crippen LogP contribution in [-0.4, -0.2) is 45.0 Å². The maximum absolute atomic E-state index is 13.2. The summed E-state index contributed by atoms with van der Waals surface area (Å²) >= 11 is 0. The number of halogens is 1. The van der Waals surface area contributed by atoms with Crippen LogP contribution < -0.4 is 5.32 Å². The first-order valence-electron chi connectivity index (χ1n) is 8.67. The summed E-state index contributed by atoms with van der Waals surface area (Å²) in [4.78, 5) is 23.9. The zero-order valence-electron chi connectivity index (χ0n) is 15.3. The number of hydrogen-bond acceptors (Lipinski definition) is 5. The fraction of sp³-hybridized carbons (Fsp3) is 0.316. The van der Waals surface area contributed by atoms with E-state index in [4.69, 9.17) is 4.42 Å². The standard InChI is InChI=1S/C19H21N5O2.ClH/c1-13-16(26-18(22-13)14-6-4-3-5-7-14)19(25)24-11-8-20-12-15(24)17-21-9-10-23(17)2;/h3-7,9-10,15,20H,8,11-12H2,1-2H3;1H. The molecule has 8 heteroatoms. The molecule has 1 aromatic carbocycles. The zero-order valence-corrected chi connectivity index (χ0v) is 16.1. The normalized spacial score (nSPS) is 16.8. The van der Waals surface area contributed by atoms with Crippen molar-refractivity contribution in [2.75, 3.05) is 19.6 Å². The Kier molecular flexibility index (Phi) is 5.62. The summed E-state index contributed by atoms with van der Waals surface area (Å²) in [7, 11) is 1.94. The average molecular weight is 388 g/mol. The maximum atomic E-state index is 13.2. The molecule has 2 aromatic heterocycles. The van der Waals surface area contributed by atoms with E-state index in [2.05, 4.69) is 15.3 Å². The molecule has 1 fully saturated rings. The quantitative estimate of drug-likeness (QED) is 0.747. The molecule has 7 nitrogen and oxygen atoms in total. The molecule has 0 saturated carbocycles.